The molecule has 1 fully saturated rings. The minimum absolute atomic E-state index is 0.109. The number of ketones is 1. The van der Waals surface area contributed by atoms with Gasteiger partial charge in [0.15, 0.2) is 0 Å². The minimum Gasteiger partial charge on any atom is -0.480 e. The van der Waals surface area contributed by atoms with Crippen molar-refractivity contribution in [2.45, 2.75) is 57.2 Å². The summed E-state index contributed by atoms with van der Waals surface area (Å²) in [6.07, 6.45) is 5.25. The number of ether oxygens (including phenoxy) is 1. The number of nitrogen functional groups attached to an aromatic ring is 1. The molecule has 0 spiro atoms. The van der Waals surface area contributed by atoms with Crippen LogP contribution in [-0.2, 0) is 30.5 Å². The molecule has 0 radical (unpaired) electrons. The van der Waals surface area contributed by atoms with Crippen LogP contribution in [0.4, 0.5) is 5.69 Å². The fourth-order valence-electron chi connectivity index (χ4n) is 4.64. The Morgan fingerprint density at radius 1 is 0.976 bits per heavy atom. The van der Waals surface area contributed by atoms with Crippen molar-refractivity contribution >= 4 is 46.8 Å². The molecule has 1 saturated carbocycles. The summed E-state index contributed by atoms with van der Waals surface area (Å²) < 4.78 is 5.64. The third-order valence-electron chi connectivity index (χ3n) is 6.83. The van der Waals surface area contributed by atoms with Crippen LogP contribution >= 0.6 is 11.6 Å². The number of benzene rings is 2. The van der Waals surface area contributed by atoms with E-state index in [-0.39, 0.29) is 35.4 Å². The van der Waals surface area contributed by atoms with Crippen molar-refractivity contribution in [2.75, 3.05) is 18.9 Å². The Hall–Kier alpha value is -3.96. The number of aliphatic carboxylic acids is 1. The molecule has 1 unspecified atom stereocenters. The summed E-state index contributed by atoms with van der Waals surface area (Å²) in [4.78, 5) is 62.8. The van der Waals surface area contributed by atoms with Crippen molar-refractivity contribution in [1.82, 2.24) is 16.0 Å². The molecule has 0 heterocycles. The summed E-state index contributed by atoms with van der Waals surface area (Å²) >= 11 is 5.97. The number of amides is 3. The molecule has 3 rings (SSSR count). The average Bonchev–Trinajstić information content (AvgIpc) is 2.97. The standard InChI is InChI=1S/C29H35ClN4O7/c30-21-12-11-20(14-22(21)31)27(38)33-23(13-18-7-3-1-4-8-18)28(39)34-24(26(37)29(40)32-15-25(35)36)17-41-16-19-9-5-2-6-10-19/h2,5-6,9-12,14,18,23-24H,1,3-4,7-8,13,15-17,31H2,(H,32,40)(H,33,38)(H,34,39)(H,35,36)/t23-,24?/m1/s1. The van der Waals surface area contributed by atoms with E-state index in [1.54, 1.807) is 0 Å². The summed E-state index contributed by atoms with van der Waals surface area (Å²) in [5.41, 5.74) is 7.07. The average molecular weight is 587 g/mol. The van der Waals surface area contributed by atoms with Gasteiger partial charge in [-0.1, -0.05) is 74.0 Å². The second kappa shape index (κ2) is 15.7. The quantitative estimate of drug-likeness (QED) is 0.165. The van der Waals surface area contributed by atoms with E-state index in [1.807, 2.05) is 35.6 Å². The van der Waals surface area contributed by atoms with Crippen molar-refractivity contribution in [1.29, 1.82) is 0 Å². The van der Waals surface area contributed by atoms with Gasteiger partial charge in [0.1, 0.15) is 18.6 Å². The first-order valence-corrected chi connectivity index (χ1v) is 13.8. The second-order valence-corrected chi connectivity index (χ2v) is 10.4. The van der Waals surface area contributed by atoms with Gasteiger partial charge in [0.2, 0.25) is 11.7 Å². The molecular formula is C29H35ClN4O7. The molecule has 0 aliphatic heterocycles. The number of hydrogen-bond donors (Lipinski definition) is 5. The minimum atomic E-state index is -1.42. The predicted molar refractivity (Wildman–Crippen MR) is 152 cm³/mol. The highest BCUT2D eigenvalue weighted by atomic mass is 35.5. The van der Waals surface area contributed by atoms with E-state index < -0.39 is 48.1 Å². The lowest BCUT2D eigenvalue weighted by molar-refractivity contribution is -0.143. The van der Waals surface area contributed by atoms with Crippen LogP contribution in [0.15, 0.2) is 48.5 Å². The van der Waals surface area contributed by atoms with Crippen LogP contribution < -0.4 is 21.7 Å². The summed E-state index contributed by atoms with van der Waals surface area (Å²) in [6, 6.07) is 11.0. The highest BCUT2D eigenvalue weighted by Gasteiger charge is 2.32. The van der Waals surface area contributed by atoms with E-state index in [0.29, 0.717) is 6.42 Å². The van der Waals surface area contributed by atoms with Crippen LogP contribution in [0.3, 0.4) is 0 Å². The number of hydrogen-bond acceptors (Lipinski definition) is 7. The summed E-state index contributed by atoms with van der Waals surface area (Å²) in [5, 5.41) is 16.5. The van der Waals surface area contributed by atoms with Gasteiger partial charge in [0.25, 0.3) is 11.8 Å². The van der Waals surface area contributed by atoms with Crippen LogP contribution in [0.25, 0.3) is 0 Å². The highest BCUT2D eigenvalue weighted by Crippen LogP contribution is 2.28. The summed E-state index contributed by atoms with van der Waals surface area (Å²) in [6.45, 7) is -1.00. The van der Waals surface area contributed by atoms with Gasteiger partial charge in [0.05, 0.1) is 23.9 Å². The predicted octanol–water partition coefficient (Wildman–Crippen LogP) is 2.46. The molecule has 12 heteroatoms. The number of rotatable bonds is 14. The number of Topliss-reactive ketones (excluding diaryl/α,β-unsaturated/α-hetero) is 1. The molecule has 2 atom stereocenters. The molecule has 11 nitrogen and oxygen atoms in total. The maximum absolute atomic E-state index is 13.5. The normalized spacial score (nSPS) is 14.9. The first-order valence-electron chi connectivity index (χ1n) is 13.5. The fraction of sp³-hybridized carbons (Fsp3) is 0.414. The van der Waals surface area contributed by atoms with Crippen molar-refractivity contribution in [2.24, 2.45) is 5.92 Å². The zero-order valence-electron chi connectivity index (χ0n) is 22.6. The number of carbonyl (C=O) groups is 5. The van der Waals surface area contributed by atoms with Gasteiger partial charge in [-0.2, -0.15) is 0 Å². The molecule has 2 aromatic carbocycles. The van der Waals surface area contributed by atoms with Crippen molar-refractivity contribution in [3.63, 3.8) is 0 Å². The number of nitrogens with two attached hydrogens (primary N) is 1. The molecule has 0 bridgehead atoms. The summed E-state index contributed by atoms with van der Waals surface area (Å²) in [7, 11) is 0. The Bertz CT molecular complexity index is 1230. The van der Waals surface area contributed by atoms with E-state index in [9.17, 15) is 24.0 Å². The van der Waals surface area contributed by atoms with Gasteiger partial charge in [0, 0.05) is 5.56 Å². The molecule has 1 aliphatic rings. The monoisotopic (exact) mass is 586 g/mol. The fourth-order valence-corrected chi connectivity index (χ4v) is 4.76. The number of nitrogens with one attached hydrogen (secondary N) is 3. The lowest BCUT2D eigenvalue weighted by Crippen LogP contribution is -2.56. The zero-order valence-corrected chi connectivity index (χ0v) is 23.3. The third-order valence-corrected chi connectivity index (χ3v) is 7.17. The van der Waals surface area contributed by atoms with Crippen LogP contribution in [0.1, 0.15) is 54.4 Å². The largest absolute Gasteiger partial charge is 0.480 e. The molecule has 41 heavy (non-hydrogen) atoms. The summed E-state index contributed by atoms with van der Waals surface area (Å²) in [5.74, 6) is -4.61. The SMILES string of the molecule is Nc1cc(C(=O)N[C@H](CC2CCCCC2)C(=O)NC(COCc2ccccc2)C(=O)C(=O)NCC(=O)O)ccc1Cl. The van der Waals surface area contributed by atoms with E-state index in [0.717, 1.165) is 37.7 Å². The van der Waals surface area contributed by atoms with Gasteiger partial charge in [-0.15, -0.1) is 0 Å². The molecule has 1 aliphatic carbocycles. The van der Waals surface area contributed by atoms with Gasteiger partial charge < -0.3 is 31.5 Å². The Morgan fingerprint density at radius 3 is 2.34 bits per heavy atom. The molecule has 3 amide bonds. The lowest BCUT2D eigenvalue weighted by Gasteiger charge is -2.28. The van der Waals surface area contributed by atoms with Crippen LogP contribution in [0.5, 0.6) is 0 Å². The first-order chi connectivity index (χ1) is 19.6. The second-order valence-electron chi connectivity index (χ2n) is 10.0. The third kappa shape index (κ3) is 10.2. The van der Waals surface area contributed by atoms with Crippen molar-refractivity contribution in [3.8, 4) is 0 Å². The molecule has 6 N–H and O–H groups in total. The molecule has 2 aromatic rings. The molecular weight excluding hydrogens is 552 g/mol. The van der Waals surface area contributed by atoms with E-state index in [2.05, 4.69) is 10.6 Å². The Labute approximate surface area is 243 Å². The molecule has 0 saturated heterocycles. The van der Waals surface area contributed by atoms with Crippen LogP contribution in [0, 0.1) is 5.92 Å². The van der Waals surface area contributed by atoms with Gasteiger partial charge in [-0.25, -0.2) is 0 Å². The lowest BCUT2D eigenvalue weighted by atomic mass is 9.84. The molecule has 220 valence electrons. The Balaban J connectivity index is 1.76. The smallest absolute Gasteiger partial charge is 0.322 e. The highest BCUT2D eigenvalue weighted by molar-refractivity contribution is 6.38. The number of halogens is 1. The van der Waals surface area contributed by atoms with Crippen LogP contribution in [-0.4, -0.2) is 59.8 Å². The maximum atomic E-state index is 13.5. The van der Waals surface area contributed by atoms with E-state index >= 15 is 0 Å². The van der Waals surface area contributed by atoms with Crippen LogP contribution in [0.2, 0.25) is 5.02 Å². The van der Waals surface area contributed by atoms with Gasteiger partial charge in [-0.05, 0) is 36.1 Å². The van der Waals surface area contributed by atoms with Crippen molar-refractivity contribution < 1.29 is 33.8 Å². The first kappa shape index (κ1) is 31.6. The number of carbonyl (C=O) groups excluding carboxylic acids is 4. The topological polar surface area (TPSA) is 177 Å². The maximum Gasteiger partial charge on any atom is 0.322 e. The number of anilines is 1. The van der Waals surface area contributed by atoms with Crippen molar-refractivity contribution in [3.05, 3.63) is 64.7 Å². The Kier molecular flexibility index (Phi) is 12.1. The zero-order chi connectivity index (χ0) is 29.8. The number of carboxylic acids is 1. The number of carboxylic acid groups (broad SMARTS) is 1. The van der Waals surface area contributed by atoms with E-state index in [4.69, 9.17) is 27.2 Å². The van der Waals surface area contributed by atoms with E-state index in [1.165, 1.54) is 18.2 Å². The van der Waals surface area contributed by atoms with Gasteiger partial charge >= 0.3 is 5.97 Å². The molecule has 0 aromatic heterocycles. The van der Waals surface area contributed by atoms with Gasteiger partial charge in [-0.3, -0.25) is 24.0 Å². The Morgan fingerprint density at radius 2 is 1.68 bits per heavy atom.